The Morgan fingerprint density at radius 1 is 1.82 bits per heavy atom. The van der Waals surface area contributed by atoms with Gasteiger partial charge >= 0.3 is 0 Å². The molecule has 0 saturated heterocycles. The van der Waals surface area contributed by atoms with Crippen molar-refractivity contribution in [2.75, 3.05) is 13.7 Å². The van der Waals surface area contributed by atoms with Crippen LogP contribution in [0.2, 0.25) is 0 Å². The molecular formula is C8H15NO2. The van der Waals surface area contributed by atoms with Crippen molar-refractivity contribution in [3.05, 3.63) is 12.7 Å². The van der Waals surface area contributed by atoms with Gasteiger partial charge in [0, 0.05) is 13.7 Å². The molecule has 0 fully saturated rings. The van der Waals surface area contributed by atoms with E-state index in [9.17, 15) is 4.79 Å². The van der Waals surface area contributed by atoms with Crippen molar-refractivity contribution in [2.45, 2.75) is 18.9 Å². The molecule has 0 heterocycles. The zero-order valence-corrected chi connectivity index (χ0v) is 6.88. The fraction of sp³-hybridized carbons (Fsp3) is 0.625. The lowest BCUT2D eigenvalue weighted by Gasteiger charge is -2.05. The van der Waals surface area contributed by atoms with Crippen LogP contribution in [0.15, 0.2) is 12.7 Å². The van der Waals surface area contributed by atoms with E-state index < -0.39 is 6.04 Å². The normalized spacial score (nSPS) is 12.5. The first kappa shape index (κ1) is 10.3. The smallest absolute Gasteiger partial charge is 0.171 e. The number of hydrogen-bond donors (Lipinski definition) is 1. The fourth-order valence-electron chi connectivity index (χ4n) is 0.741. The summed E-state index contributed by atoms with van der Waals surface area (Å²) >= 11 is 0. The Kier molecular flexibility index (Phi) is 5.70. The Hall–Kier alpha value is -0.670. The van der Waals surface area contributed by atoms with Gasteiger partial charge in [-0.25, -0.2) is 0 Å². The highest BCUT2D eigenvalue weighted by molar-refractivity contribution is 5.93. The van der Waals surface area contributed by atoms with Gasteiger partial charge in [0.25, 0.3) is 0 Å². The first-order valence-corrected chi connectivity index (χ1v) is 3.63. The molecule has 1 atom stereocenters. The predicted octanol–water partition coefficient (Wildman–Crippen LogP) is 0.495. The molecule has 0 aliphatic rings. The van der Waals surface area contributed by atoms with Crippen molar-refractivity contribution in [2.24, 2.45) is 5.73 Å². The third-order valence-corrected chi connectivity index (χ3v) is 1.43. The van der Waals surface area contributed by atoms with Crippen molar-refractivity contribution in [1.82, 2.24) is 0 Å². The van der Waals surface area contributed by atoms with Crippen LogP contribution in [-0.2, 0) is 9.53 Å². The van der Waals surface area contributed by atoms with Gasteiger partial charge in [-0.3, -0.25) is 4.79 Å². The van der Waals surface area contributed by atoms with E-state index in [-0.39, 0.29) is 5.78 Å². The van der Waals surface area contributed by atoms with Crippen LogP contribution in [0.25, 0.3) is 0 Å². The molecule has 0 aromatic heterocycles. The molecule has 0 amide bonds. The van der Waals surface area contributed by atoms with E-state index >= 15 is 0 Å². The Morgan fingerprint density at radius 2 is 2.45 bits per heavy atom. The molecule has 11 heavy (non-hydrogen) atoms. The Bertz CT molecular complexity index is 134. The highest BCUT2D eigenvalue weighted by atomic mass is 16.5. The molecule has 0 bridgehead atoms. The molecule has 0 radical (unpaired) electrons. The van der Waals surface area contributed by atoms with Gasteiger partial charge in [0.05, 0.1) is 6.04 Å². The van der Waals surface area contributed by atoms with Gasteiger partial charge in [0.15, 0.2) is 5.78 Å². The summed E-state index contributed by atoms with van der Waals surface area (Å²) in [5.41, 5.74) is 5.49. The van der Waals surface area contributed by atoms with Crippen molar-refractivity contribution in [1.29, 1.82) is 0 Å². The number of methoxy groups -OCH3 is 1. The van der Waals surface area contributed by atoms with E-state index in [2.05, 4.69) is 6.58 Å². The van der Waals surface area contributed by atoms with E-state index in [0.29, 0.717) is 13.0 Å². The second-order valence-electron chi connectivity index (χ2n) is 2.35. The van der Waals surface area contributed by atoms with Crippen LogP contribution in [0.4, 0.5) is 0 Å². The van der Waals surface area contributed by atoms with Gasteiger partial charge < -0.3 is 10.5 Å². The van der Waals surface area contributed by atoms with Crippen molar-refractivity contribution >= 4 is 5.78 Å². The lowest BCUT2D eigenvalue weighted by atomic mass is 10.1. The summed E-state index contributed by atoms with van der Waals surface area (Å²) < 4.78 is 4.81. The van der Waals surface area contributed by atoms with Gasteiger partial charge in [-0.15, -0.1) is 0 Å². The molecule has 1 unspecified atom stereocenters. The number of ketones is 1. The van der Waals surface area contributed by atoms with Crippen LogP contribution in [0.1, 0.15) is 12.8 Å². The number of nitrogens with two attached hydrogens (primary N) is 1. The maximum absolute atomic E-state index is 10.8. The molecule has 2 N–H and O–H groups in total. The molecule has 3 nitrogen and oxygen atoms in total. The number of carbonyl (C=O) groups is 1. The average molecular weight is 157 g/mol. The highest BCUT2D eigenvalue weighted by Crippen LogP contribution is 1.96. The average Bonchev–Trinajstić information content (AvgIpc) is 2.03. The number of ether oxygens (including phenoxy) is 1. The summed E-state index contributed by atoms with van der Waals surface area (Å²) in [7, 11) is 1.63. The van der Waals surface area contributed by atoms with Crippen molar-refractivity contribution in [3.63, 3.8) is 0 Å². The van der Waals surface area contributed by atoms with E-state index in [1.165, 1.54) is 6.08 Å². The zero-order valence-electron chi connectivity index (χ0n) is 6.88. The monoisotopic (exact) mass is 157 g/mol. The highest BCUT2D eigenvalue weighted by Gasteiger charge is 2.07. The van der Waals surface area contributed by atoms with Crippen molar-refractivity contribution in [3.8, 4) is 0 Å². The predicted molar refractivity (Wildman–Crippen MR) is 44.3 cm³/mol. The van der Waals surface area contributed by atoms with Crippen molar-refractivity contribution < 1.29 is 9.53 Å². The second kappa shape index (κ2) is 6.07. The summed E-state index contributed by atoms with van der Waals surface area (Å²) in [6, 6.07) is -0.400. The maximum Gasteiger partial charge on any atom is 0.171 e. The first-order valence-electron chi connectivity index (χ1n) is 3.63. The molecule has 0 rings (SSSR count). The minimum Gasteiger partial charge on any atom is -0.385 e. The quantitative estimate of drug-likeness (QED) is 0.451. The Labute approximate surface area is 67.2 Å². The van der Waals surface area contributed by atoms with E-state index in [1.54, 1.807) is 7.11 Å². The second-order valence-corrected chi connectivity index (χ2v) is 2.35. The third kappa shape index (κ3) is 4.70. The molecule has 64 valence electrons. The van der Waals surface area contributed by atoms with Crippen LogP contribution < -0.4 is 5.73 Å². The Balaban J connectivity index is 3.43. The lowest BCUT2D eigenvalue weighted by molar-refractivity contribution is -0.115. The van der Waals surface area contributed by atoms with Crippen LogP contribution in [0, 0.1) is 0 Å². The SMILES string of the molecule is C=CC(=O)C(N)CCCOC. The molecule has 0 aliphatic carbocycles. The van der Waals surface area contributed by atoms with Gasteiger partial charge in [-0.2, -0.15) is 0 Å². The molecule has 0 saturated carbocycles. The molecule has 3 heteroatoms. The molecule has 0 spiro atoms. The molecule has 0 aliphatic heterocycles. The minimum absolute atomic E-state index is 0.0962. The summed E-state index contributed by atoms with van der Waals surface area (Å²) in [5.74, 6) is -0.0962. The largest absolute Gasteiger partial charge is 0.385 e. The van der Waals surface area contributed by atoms with Gasteiger partial charge in [-0.1, -0.05) is 6.58 Å². The standard InChI is InChI=1S/C8H15NO2/c1-3-8(10)7(9)5-4-6-11-2/h3,7H,1,4-6,9H2,2H3. The molecule has 0 aromatic rings. The van der Waals surface area contributed by atoms with Crippen LogP contribution in [-0.4, -0.2) is 25.5 Å². The molecular weight excluding hydrogens is 142 g/mol. The minimum atomic E-state index is -0.400. The topological polar surface area (TPSA) is 52.3 Å². The number of rotatable bonds is 6. The number of hydrogen-bond acceptors (Lipinski definition) is 3. The first-order chi connectivity index (χ1) is 5.22. The maximum atomic E-state index is 10.8. The van der Waals surface area contributed by atoms with Crippen LogP contribution in [0.5, 0.6) is 0 Å². The molecule has 0 aromatic carbocycles. The van der Waals surface area contributed by atoms with Crippen LogP contribution >= 0.6 is 0 Å². The van der Waals surface area contributed by atoms with Gasteiger partial charge in [0.1, 0.15) is 0 Å². The Morgan fingerprint density at radius 3 is 2.91 bits per heavy atom. The van der Waals surface area contributed by atoms with E-state index in [0.717, 1.165) is 6.42 Å². The third-order valence-electron chi connectivity index (χ3n) is 1.43. The zero-order chi connectivity index (χ0) is 8.69. The summed E-state index contributed by atoms with van der Waals surface area (Å²) in [4.78, 5) is 10.8. The van der Waals surface area contributed by atoms with E-state index in [4.69, 9.17) is 10.5 Å². The summed E-state index contributed by atoms with van der Waals surface area (Å²) in [6.45, 7) is 4.00. The van der Waals surface area contributed by atoms with E-state index in [1.807, 2.05) is 0 Å². The summed E-state index contributed by atoms with van der Waals surface area (Å²) in [6.07, 6.45) is 2.74. The van der Waals surface area contributed by atoms with Gasteiger partial charge in [-0.05, 0) is 18.9 Å². The number of carbonyl (C=O) groups excluding carboxylic acids is 1. The van der Waals surface area contributed by atoms with Gasteiger partial charge in [0.2, 0.25) is 0 Å². The fourth-order valence-corrected chi connectivity index (χ4v) is 0.741. The van der Waals surface area contributed by atoms with Crippen LogP contribution in [0.3, 0.4) is 0 Å². The summed E-state index contributed by atoms with van der Waals surface area (Å²) in [5, 5.41) is 0. The lowest BCUT2D eigenvalue weighted by Crippen LogP contribution is -2.28.